The number of hydrogen-bond donors (Lipinski definition) is 2. The Morgan fingerprint density at radius 1 is 1.29 bits per heavy atom. The van der Waals surface area contributed by atoms with Crippen LogP contribution in [0, 0.1) is 11.7 Å². The second-order valence-electron chi connectivity index (χ2n) is 8.40. The summed E-state index contributed by atoms with van der Waals surface area (Å²) in [6, 6.07) is 2.07. The molecular weight excluding hydrogens is 363 g/mol. The molecular formula is C20H23FN4O3. The Morgan fingerprint density at radius 2 is 2.07 bits per heavy atom. The molecule has 8 heteroatoms. The van der Waals surface area contributed by atoms with Crippen molar-refractivity contribution in [2.24, 2.45) is 5.92 Å². The summed E-state index contributed by atoms with van der Waals surface area (Å²) in [6.45, 7) is 3.59. The molecule has 1 aliphatic carbocycles. The highest BCUT2D eigenvalue weighted by atomic mass is 19.1. The van der Waals surface area contributed by atoms with Crippen molar-refractivity contribution in [3.05, 3.63) is 33.9 Å². The summed E-state index contributed by atoms with van der Waals surface area (Å²) in [5.74, 6) is -1.14. The van der Waals surface area contributed by atoms with Crippen LogP contribution < -0.4 is 15.6 Å². The fourth-order valence-corrected chi connectivity index (χ4v) is 4.68. The van der Waals surface area contributed by atoms with E-state index in [1.807, 2.05) is 4.90 Å². The lowest BCUT2D eigenvalue weighted by molar-refractivity contribution is 0.0695. The van der Waals surface area contributed by atoms with Gasteiger partial charge in [-0.1, -0.05) is 0 Å². The van der Waals surface area contributed by atoms with Crippen LogP contribution in [0.1, 0.15) is 49.0 Å². The van der Waals surface area contributed by atoms with Gasteiger partial charge in [-0.3, -0.25) is 4.79 Å². The van der Waals surface area contributed by atoms with Gasteiger partial charge < -0.3 is 19.9 Å². The molecule has 7 nitrogen and oxygen atoms in total. The Kier molecular flexibility index (Phi) is 3.94. The minimum Gasteiger partial charge on any atom is -0.477 e. The molecule has 5 rings (SSSR count). The maximum atomic E-state index is 15.0. The van der Waals surface area contributed by atoms with Crippen LogP contribution in [-0.4, -0.2) is 45.8 Å². The summed E-state index contributed by atoms with van der Waals surface area (Å²) < 4.78 is 16.7. The third kappa shape index (κ3) is 2.78. The van der Waals surface area contributed by atoms with Gasteiger partial charge in [0.25, 0.3) is 0 Å². The first-order chi connectivity index (χ1) is 13.4. The minimum atomic E-state index is -1.30. The van der Waals surface area contributed by atoms with Crippen molar-refractivity contribution in [1.29, 1.82) is 0 Å². The Morgan fingerprint density at radius 3 is 2.79 bits per heavy atom. The first kappa shape index (κ1) is 17.6. The van der Waals surface area contributed by atoms with Gasteiger partial charge in [-0.05, 0) is 44.6 Å². The molecule has 2 saturated heterocycles. The molecule has 2 aromatic heterocycles. The maximum Gasteiger partial charge on any atom is 0.341 e. The molecule has 1 saturated carbocycles. The summed E-state index contributed by atoms with van der Waals surface area (Å²) >= 11 is 0. The van der Waals surface area contributed by atoms with Crippen LogP contribution in [0.15, 0.2) is 17.1 Å². The second-order valence-corrected chi connectivity index (χ2v) is 8.40. The topological polar surface area (TPSA) is 87.5 Å². The lowest BCUT2D eigenvalue weighted by Gasteiger charge is -2.30. The van der Waals surface area contributed by atoms with Crippen molar-refractivity contribution in [3.8, 4) is 0 Å². The molecule has 2 aromatic rings. The predicted molar refractivity (Wildman–Crippen MR) is 103 cm³/mol. The molecule has 4 heterocycles. The number of anilines is 1. The van der Waals surface area contributed by atoms with Crippen molar-refractivity contribution in [2.75, 3.05) is 18.0 Å². The summed E-state index contributed by atoms with van der Waals surface area (Å²) in [6.07, 6.45) is 5.40. The zero-order chi connectivity index (χ0) is 19.6. The highest BCUT2D eigenvalue weighted by molar-refractivity contribution is 5.92. The van der Waals surface area contributed by atoms with Crippen molar-refractivity contribution in [2.45, 2.75) is 50.7 Å². The highest BCUT2D eigenvalue weighted by Gasteiger charge is 2.38. The average Bonchev–Trinajstić information content (AvgIpc) is 3.41. The van der Waals surface area contributed by atoms with E-state index in [1.54, 1.807) is 4.57 Å². The molecule has 148 valence electrons. The summed E-state index contributed by atoms with van der Waals surface area (Å²) in [5.41, 5.74) is -0.633. The van der Waals surface area contributed by atoms with E-state index < -0.39 is 17.2 Å². The first-order valence-electron chi connectivity index (χ1n) is 9.92. The number of pyridine rings is 2. The summed E-state index contributed by atoms with van der Waals surface area (Å²) in [7, 11) is 0. The number of carbonyl (C=O) groups is 1. The summed E-state index contributed by atoms with van der Waals surface area (Å²) in [4.78, 5) is 30.5. The quantitative estimate of drug-likeness (QED) is 0.841. The lowest BCUT2D eigenvalue weighted by atomic mass is 9.91. The third-order valence-electron chi connectivity index (χ3n) is 6.32. The lowest BCUT2D eigenvalue weighted by Crippen LogP contribution is -2.46. The van der Waals surface area contributed by atoms with Crippen LogP contribution >= 0.6 is 0 Å². The van der Waals surface area contributed by atoms with E-state index in [2.05, 4.69) is 17.2 Å². The van der Waals surface area contributed by atoms with Gasteiger partial charge in [-0.2, -0.15) is 0 Å². The Balaban J connectivity index is 1.61. The van der Waals surface area contributed by atoms with E-state index >= 15 is 0 Å². The number of nitrogens with zero attached hydrogens (tertiary/aromatic N) is 3. The molecule has 0 spiro atoms. The molecule has 2 aliphatic heterocycles. The largest absolute Gasteiger partial charge is 0.477 e. The van der Waals surface area contributed by atoms with E-state index in [0.29, 0.717) is 30.2 Å². The monoisotopic (exact) mass is 386 g/mol. The molecule has 3 aliphatic rings. The number of fused-ring (bicyclic) bond motifs is 2. The standard InChI is InChI=1S/C20H23FN4O3/c1-10-2-3-11-7-24(9-16(11)22-10)19-15(21)6-13-17(26)14(20(27)28)8-25(12-4-5-12)18(13)23-19/h6,8,10-12,16,22H,2-5,7,9H2,1H3,(H,27,28)/t10?,11-,16-/m1/s1. The number of carboxylic acids is 1. The fourth-order valence-electron chi connectivity index (χ4n) is 4.68. The van der Waals surface area contributed by atoms with E-state index in [-0.39, 0.29) is 22.8 Å². The van der Waals surface area contributed by atoms with Crippen LogP contribution in [0.2, 0.25) is 0 Å². The van der Waals surface area contributed by atoms with Gasteiger partial charge >= 0.3 is 5.97 Å². The van der Waals surface area contributed by atoms with Gasteiger partial charge in [-0.15, -0.1) is 0 Å². The second kappa shape index (κ2) is 6.27. The predicted octanol–water partition coefficient (Wildman–Crippen LogP) is 2.15. The number of piperidine rings is 1. The number of rotatable bonds is 3. The van der Waals surface area contributed by atoms with Gasteiger partial charge in [0, 0.05) is 37.4 Å². The van der Waals surface area contributed by atoms with Crippen LogP contribution in [0.3, 0.4) is 0 Å². The SMILES string of the molecule is CC1CC[C@@H]2CN(c3nc4c(cc3F)c(=O)c(C(=O)O)cn4C3CC3)C[C@H]2N1. The number of aromatic carboxylic acids is 1. The molecule has 0 bridgehead atoms. The average molecular weight is 386 g/mol. The number of nitrogens with one attached hydrogen (secondary N) is 1. The number of hydrogen-bond acceptors (Lipinski definition) is 5. The fraction of sp³-hybridized carbons (Fsp3) is 0.550. The van der Waals surface area contributed by atoms with Gasteiger partial charge in [0.1, 0.15) is 11.2 Å². The molecule has 0 amide bonds. The van der Waals surface area contributed by atoms with Crippen molar-refractivity contribution >= 4 is 22.8 Å². The Labute approximate surface area is 161 Å². The van der Waals surface area contributed by atoms with E-state index in [4.69, 9.17) is 0 Å². The van der Waals surface area contributed by atoms with Crippen LogP contribution in [0.25, 0.3) is 11.0 Å². The van der Waals surface area contributed by atoms with Crippen molar-refractivity contribution in [3.63, 3.8) is 0 Å². The molecule has 3 fully saturated rings. The smallest absolute Gasteiger partial charge is 0.341 e. The molecule has 28 heavy (non-hydrogen) atoms. The van der Waals surface area contributed by atoms with Crippen molar-refractivity contribution < 1.29 is 14.3 Å². The van der Waals surface area contributed by atoms with Crippen LogP contribution in [0.4, 0.5) is 10.2 Å². The third-order valence-corrected chi connectivity index (χ3v) is 6.32. The van der Waals surface area contributed by atoms with E-state index in [9.17, 15) is 19.1 Å². The van der Waals surface area contributed by atoms with Crippen LogP contribution in [0.5, 0.6) is 0 Å². The van der Waals surface area contributed by atoms with Gasteiger partial charge in [0.2, 0.25) is 5.43 Å². The highest BCUT2D eigenvalue weighted by Crippen LogP contribution is 2.38. The number of halogens is 1. The molecule has 0 radical (unpaired) electrons. The minimum absolute atomic E-state index is 0.0383. The summed E-state index contributed by atoms with van der Waals surface area (Å²) in [5, 5.41) is 13.0. The van der Waals surface area contributed by atoms with E-state index in [1.165, 1.54) is 12.3 Å². The number of carboxylic acid groups (broad SMARTS) is 1. The zero-order valence-corrected chi connectivity index (χ0v) is 15.7. The van der Waals surface area contributed by atoms with Gasteiger partial charge in [0.15, 0.2) is 11.6 Å². The van der Waals surface area contributed by atoms with E-state index in [0.717, 1.165) is 32.2 Å². The van der Waals surface area contributed by atoms with Gasteiger partial charge in [0.05, 0.1) is 5.39 Å². The molecule has 1 unspecified atom stereocenters. The maximum absolute atomic E-state index is 15.0. The van der Waals surface area contributed by atoms with Gasteiger partial charge in [-0.25, -0.2) is 14.2 Å². The number of aromatic nitrogens is 2. The van der Waals surface area contributed by atoms with Crippen LogP contribution in [-0.2, 0) is 0 Å². The molecule has 0 aromatic carbocycles. The Bertz CT molecular complexity index is 1030. The molecule has 3 atom stereocenters. The first-order valence-corrected chi connectivity index (χ1v) is 9.92. The Hall–Kier alpha value is -2.48. The normalized spacial score (nSPS) is 27.2. The molecule has 2 N–H and O–H groups in total. The van der Waals surface area contributed by atoms with Crippen molar-refractivity contribution in [1.82, 2.24) is 14.9 Å². The zero-order valence-electron chi connectivity index (χ0n) is 15.7.